The second-order valence-electron chi connectivity index (χ2n) is 8.30. The molecule has 7 nitrogen and oxygen atoms in total. The summed E-state index contributed by atoms with van der Waals surface area (Å²) in [5.74, 6) is -1.19. The number of hydrogen-bond acceptors (Lipinski definition) is 5. The summed E-state index contributed by atoms with van der Waals surface area (Å²) in [5, 5.41) is 12.2. The minimum absolute atomic E-state index is 0.0736. The zero-order chi connectivity index (χ0) is 24.7. The van der Waals surface area contributed by atoms with Crippen LogP contribution >= 0.6 is 0 Å². The molecule has 0 bridgehead atoms. The molecule has 0 spiro atoms. The summed E-state index contributed by atoms with van der Waals surface area (Å²) in [7, 11) is 0. The number of halogens is 2. The summed E-state index contributed by atoms with van der Waals surface area (Å²) < 4.78 is 35.7. The number of carboxylic acid groups (broad SMARTS) is 1. The lowest BCUT2D eigenvalue weighted by atomic mass is 9.94. The summed E-state index contributed by atoms with van der Waals surface area (Å²) in [5.41, 5.74) is 2.00. The number of amides is 1. The molecule has 2 aromatic rings. The summed E-state index contributed by atoms with van der Waals surface area (Å²) in [6.45, 7) is 5.41. The van der Waals surface area contributed by atoms with Gasteiger partial charge in [0.2, 0.25) is 5.91 Å². The molecule has 9 heteroatoms. The van der Waals surface area contributed by atoms with Crippen molar-refractivity contribution in [2.24, 2.45) is 0 Å². The van der Waals surface area contributed by atoms with Gasteiger partial charge in [0.25, 0.3) is 0 Å². The zero-order valence-corrected chi connectivity index (χ0v) is 18.9. The first kappa shape index (κ1) is 23.4. The number of benzene rings is 1. The Bertz CT molecular complexity index is 1230. The maximum Gasteiger partial charge on any atom is 0.586 e. The van der Waals surface area contributed by atoms with Crippen LogP contribution in [0.4, 0.5) is 14.6 Å². The molecule has 1 aliphatic carbocycles. The Morgan fingerprint density at radius 3 is 2.50 bits per heavy atom. The first-order valence-electron chi connectivity index (χ1n) is 10.9. The molecular weight excluding hydrogens is 446 g/mol. The van der Waals surface area contributed by atoms with Gasteiger partial charge in [-0.25, -0.2) is 9.78 Å². The number of fused-ring (bicyclic) bond motifs is 1. The lowest BCUT2D eigenvalue weighted by Crippen LogP contribution is -2.28. The summed E-state index contributed by atoms with van der Waals surface area (Å²) in [6, 6.07) is 7.86. The van der Waals surface area contributed by atoms with Crippen molar-refractivity contribution in [3.05, 3.63) is 64.9 Å². The molecule has 2 heterocycles. The Morgan fingerprint density at radius 2 is 1.88 bits per heavy atom. The van der Waals surface area contributed by atoms with Crippen LogP contribution in [0.15, 0.2) is 48.1 Å². The molecule has 0 radical (unpaired) electrons. The van der Waals surface area contributed by atoms with Gasteiger partial charge in [0.05, 0.1) is 16.7 Å². The van der Waals surface area contributed by atoms with Gasteiger partial charge in [0.15, 0.2) is 11.5 Å². The van der Waals surface area contributed by atoms with E-state index in [-0.39, 0.29) is 23.0 Å². The number of alkyl halides is 2. The number of allylic oxidation sites excluding steroid dienone is 2. The Morgan fingerprint density at radius 1 is 1.18 bits per heavy atom. The number of carbonyl (C=O) groups excluding carboxylic acids is 1. The molecule has 0 saturated heterocycles. The molecule has 178 valence electrons. The van der Waals surface area contributed by atoms with Crippen molar-refractivity contribution < 1.29 is 33.0 Å². The third-order valence-electron chi connectivity index (χ3n) is 6.05. The fourth-order valence-corrected chi connectivity index (χ4v) is 3.97. The Labute approximate surface area is 195 Å². The van der Waals surface area contributed by atoms with Crippen LogP contribution < -0.4 is 14.8 Å². The summed E-state index contributed by atoms with van der Waals surface area (Å²) in [6.07, 6.45) is 1.01. The van der Waals surface area contributed by atoms with Crippen LogP contribution in [0, 0.1) is 6.92 Å². The van der Waals surface area contributed by atoms with Crippen molar-refractivity contribution in [2.75, 3.05) is 5.32 Å². The van der Waals surface area contributed by atoms with Gasteiger partial charge in [0, 0.05) is 0 Å². The minimum atomic E-state index is -3.72. The number of carboxylic acids is 1. The van der Waals surface area contributed by atoms with E-state index >= 15 is 0 Å². The summed E-state index contributed by atoms with van der Waals surface area (Å²) >= 11 is 0. The van der Waals surface area contributed by atoms with Crippen LogP contribution in [0.1, 0.15) is 49.9 Å². The van der Waals surface area contributed by atoms with Crippen molar-refractivity contribution in [1.82, 2.24) is 4.98 Å². The Kier molecular flexibility index (Phi) is 5.89. The predicted octanol–water partition coefficient (Wildman–Crippen LogP) is 5.21. The van der Waals surface area contributed by atoms with E-state index in [0.717, 1.165) is 11.1 Å². The largest absolute Gasteiger partial charge is 0.586 e. The van der Waals surface area contributed by atoms with Crippen LogP contribution in [-0.2, 0) is 15.0 Å². The van der Waals surface area contributed by atoms with Crippen molar-refractivity contribution in [1.29, 1.82) is 0 Å². The van der Waals surface area contributed by atoms with Crippen LogP contribution in [0.5, 0.6) is 11.5 Å². The molecule has 2 N–H and O–H groups in total. The van der Waals surface area contributed by atoms with E-state index in [9.17, 15) is 23.5 Å². The number of nitrogens with zero attached hydrogens (tertiary/aromatic N) is 1. The predicted molar refractivity (Wildman–Crippen MR) is 121 cm³/mol. The second-order valence-corrected chi connectivity index (χ2v) is 8.30. The zero-order valence-electron chi connectivity index (χ0n) is 18.9. The number of pyridine rings is 1. The van der Waals surface area contributed by atoms with Gasteiger partial charge in [-0.3, -0.25) is 4.79 Å². The van der Waals surface area contributed by atoms with Gasteiger partial charge in [-0.1, -0.05) is 25.1 Å². The van der Waals surface area contributed by atoms with E-state index in [2.05, 4.69) is 19.8 Å². The fraction of sp³-hybridized carbons (Fsp3) is 0.320. The van der Waals surface area contributed by atoms with Gasteiger partial charge < -0.3 is 19.9 Å². The molecule has 1 fully saturated rings. The lowest BCUT2D eigenvalue weighted by molar-refractivity contribution is -0.286. The van der Waals surface area contributed by atoms with Crippen molar-refractivity contribution in [2.45, 2.75) is 51.7 Å². The smallest absolute Gasteiger partial charge is 0.478 e. The first-order valence-corrected chi connectivity index (χ1v) is 10.9. The minimum Gasteiger partial charge on any atom is -0.478 e. The van der Waals surface area contributed by atoms with E-state index < -0.39 is 17.7 Å². The van der Waals surface area contributed by atoms with E-state index in [0.29, 0.717) is 36.3 Å². The molecular formula is C25H24F2N2O5. The average Bonchev–Trinajstić information content (AvgIpc) is 3.53. The quantitative estimate of drug-likeness (QED) is 0.426. The van der Waals surface area contributed by atoms with Crippen LogP contribution in [-0.4, -0.2) is 28.3 Å². The SMILES string of the molecule is CC=C(C=C(CC)c1nc(NC(=O)C2(c3ccc4c(c3)OC(F)(F)O4)CC2)ccc1C)C(=O)O. The van der Waals surface area contributed by atoms with E-state index in [4.69, 9.17) is 0 Å². The lowest BCUT2D eigenvalue weighted by Gasteiger charge is -2.17. The van der Waals surface area contributed by atoms with Gasteiger partial charge >= 0.3 is 12.3 Å². The van der Waals surface area contributed by atoms with Crippen molar-refractivity contribution in [3.63, 3.8) is 0 Å². The van der Waals surface area contributed by atoms with Gasteiger partial charge in [-0.2, -0.15) is 0 Å². The third-order valence-corrected chi connectivity index (χ3v) is 6.05. The van der Waals surface area contributed by atoms with Gasteiger partial charge in [-0.15, -0.1) is 8.78 Å². The number of hydrogen-bond donors (Lipinski definition) is 2. The molecule has 1 aliphatic heterocycles. The molecule has 1 aromatic heterocycles. The molecule has 1 aromatic carbocycles. The highest BCUT2D eigenvalue weighted by Gasteiger charge is 2.53. The summed E-state index contributed by atoms with van der Waals surface area (Å²) in [4.78, 5) is 29.2. The third kappa shape index (κ3) is 4.37. The van der Waals surface area contributed by atoms with E-state index in [1.165, 1.54) is 18.2 Å². The maximum atomic E-state index is 13.4. The topological polar surface area (TPSA) is 97.8 Å². The number of ether oxygens (including phenoxy) is 2. The van der Waals surface area contributed by atoms with Gasteiger partial charge in [0.1, 0.15) is 5.82 Å². The van der Waals surface area contributed by atoms with E-state index in [1.54, 1.807) is 31.2 Å². The van der Waals surface area contributed by atoms with Crippen molar-refractivity contribution in [3.8, 4) is 11.5 Å². The highest BCUT2D eigenvalue weighted by Crippen LogP contribution is 2.52. The molecule has 34 heavy (non-hydrogen) atoms. The fourth-order valence-electron chi connectivity index (χ4n) is 3.97. The molecule has 1 saturated carbocycles. The van der Waals surface area contributed by atoms with Crippen LogP contribution in [0.25, 0.3) is 5.57 Å². The van der Waals surface area contributed by atoms with E-state index in [1.807, 2.05) is 13.8 Å². The first-order chi connectivity index (χ1) is 16.1. The number of anilines is 1. The monoisotopic (exact) mass is 470 g/mol. The Hall–Kier alpha value is -3.75. The number of aryl methyl sites for hydroxylation is 1. The number of aliphatic carboxylic acids is 1. The van der Waals surface area contributed by atoms with Crippen LogP contribution in [0.3, 0.4) is 0 Å². The standard InChI is InChI=1S/C25H24F2N2O5/c1-4-15(12-16(5-2)22(30)31)21-14(3)6-9-20(28-21)29-23(32)24(10-11-24)17-7-8-18-19(13-17)34-25(26,27)33-18/h5-9,12-13H,4,10-11H2,1-3H3,(H,30,31)(H,28,29,32). The normalized spacial score (nSPS) is 17.9. The number of rotatable bonds is 7. The van der Waals surface area contributed by atoms with Crippen LogP contribution in [0.2, 0.25) is 0 Å². The maximum absolute atomic E-state index is 13.4. The molecule has 2 aliphatic rings. The highest BCUT2D eigenvalue weighted by molar-refractivity contribution is 6.01. The number of carbonyl (C=O) groups is 2. The molecule has 0 unspecified atom stereocenters. The number of nitrogens with one attached hydrogen (secondary N) is 1. The molecule has 0 atom stereocenters. The Balaban J connectivity index is 1.59. The highest BCUT2D eigenvalue weighted by atomic mass is 19.3. The van der Waals surface area contributed by atoms with Gasteiger partial charge in [-0.05, 0) is 74.1 Å². The average molecular weight is 470 g/mol. The number of aromatic nitrogens is 1. The van der Waals surface area contributed by atoms with Crippen molar-refractivity contribution >= 4 is 23.3 Å². The molecule has 4 rings (SSSR count). The second kappa shape index (κ2) is 8.55. The molecule has 1 amide bonds.